The minimum Gasteiger partial charge on any atom is -0.357 e. The Kier molecular flexibility index (Phi) is 8.95. The second kappa shape index (κ2) is 9.90. The standard InChI is InChI=1S/C17H22BrN4.Pr/c1-5-21(6-2)16-12-13(4)19-17(20-16)22(7-3)15-11-9-8-10-14(15)18;/h9-12H,5-7H2,1-4H3;/q-1;. The van der Waals surface area contributed by atoms with Crippen LogP contribution in [0.3, 0.4) is 0 Å². The van der Waals surface area contributed by atoms with Crippen LogP contribution in [0.2, 0.25) is 0 Å². The second-order valence-corrected chi connectivity index (χ2v) is 5.82. The number of rotatable bonds is 6. The van der Waals surface area contributed by atoms with E-state index in [0.717, 1.165) is 47.3 Å². The quantitative estimate of drug-likeness (QED) is 0.549. The second-order valence-electron chi connectivity index (χ2n) is 4.96. The fourth-order valence-electron chi connectivity index (χ4n) is 2.41. The van der Waals surface area contributed by atoms with Crippen molar-refractivity contribution in [1.82, 2.24) is 9.97 Å². The molecule has 0 amide bonds. The summed E-state index contributed by atoms with van der Waals surface area (Å²) >= 11 is 3.59. The maximum Gasteiger partial charge on any atom is 0.230 e. The van der Waals surface area contributed by atoms with Gasteiger partial charge in [-0.2, -0.15) is 23.2 Å². The van der Waals surface area contributed by atoms with E-state index >= 15 is 0 Å². The summed E-state index contributed by atoms with van der Waals surface area (Å²) in [6.07, 6.45) is 0. The number of nitrogens with zero attached hydrogens (tertiary/aromatic N) is 4. The van der Waals surface area contributed by atoms with Crippen LogP contribution < -0.4 is 9.80 Å². The van der Waals surface area contributed by atoms with E-state index in [1.54, 1.807) is 0 Å². The molecule has 23 heavy (non-hydrogen) atoms. The van der Waals surface area contributed by atoms with Crippen LogP contribution >= 0.6 is 15.9 Å². The van der Waals surface area contributed by atoms with E-state index in [1.165, 1.54) is 0 Å². The Hall–Kier alpha value is -0.256. The third kappa shape index (κ3) is 5.11. The molecule has 121 valence electrons. The Morgan fingerprint density at radius 3 is 2.39 bits per heavy atom. The molecular weight excluding hydrogens is 481 g/mol. The van der Waals surface area contributed by atoms with E-state index < -0.39 is 0 Å². The van der Waals surface area contributed by atoms with Gasteiger partial charge in [-0.3, -0.25) is 0 Å². The zero-order valence-corrected chi connectivity index (χ0v) is 19.5. The predicted octanol–water partition coefficient (Wildman–Crippen LogP) is 4.35. The number of hydrogen-bond acceptors (Lipinski definition) is 4. The summed E-state index contributed by atoms with van der Waals surface area (Å²) in [5.41, 5.74) is 2.03. The largest absolute Gasteiger partial charge is 0.357 e. The van der Waals surface area contributed by atoms with Crippen molar-refractivity contribution < 1.29 is 41.3 Å². The molecular formula is C17H22BrN4Pr-. The molecule has 0 aliphatic heterocycles. The first-order valence-corrected chi connectivity index (χ1v) is 8.43. The summed E-state index contributed by atoms with van der Waals surface area (Å²) in [6, 6.07) is 11.0. The van der Waals surface area contributed by atoms with E-state index in [4.69, 9.17) is 4.98 Å². The van der Waals surface area contributed by atoms with Gasteiger partial charge in [-0.05, 0) is 27.7 Å². The zero-order valence-electron chi connectivity index (χ0n) is 14.2. The van der Waals surface area contributed by atoms with Crippen molar-refractivity contribution in [3.8, 4) is 0 Å². The van der Waals surface area contributed by atoms with Crippen molar-refractivity contribution in [2.75, 3.05) is 29.4 Å². The molecule has 0 unspecified atom stereocenters. The molecule has 1 heterocycles. The third-order valence-corrected chi connectivity index (χ3v) is 4.19. The number of benzene rings is 1. The van der Waals surface area contributed by atoms with Crippen LogP contribution in [0, 0.1) is 54.3 Å². The smallest absolute Gasteiger partial charge is 0.230 e. The monoisotopic (exact) mass is 502 g/mol. The molecule has 0 aliphatic carbocycles. The molecule has 6 heteroatoms. The molecule has 0 saturated carbocycles. The minimum absolute atomic E-state index is 0. The Morgan fingerprint density at radius 1 is 1.13 bits per heavy atom. The summed E-state index contributed by atoms with van der Waals surface area (Å²) in [4.78, 5) is 13.7. The van der Waals surface area contributed by atoms with Crippen LogP contribution in [-0.4, -0.2) is 29.6 Å². The van der Waals surface area contributed by atoms with Gasteiger partial charge in [0.05, 0.1) is 0 Å². The topological polar surface area (TPSA) is 32.3 Å². The molecule has 0 aliphatic rings. The average molecular weight is 503 g/mol. The van der Waals surface area contributed by atoms with Gasteiger partial charge in [-0.1, -0.05) is 10.2 Å². The van der Waals surface area contributed by atoms with Gasteiger partial charge in [0.1, 0.15) is 5.82 Å². The molecule has 1 aromatic carbocycles. The van der Waals surface area contributed by atoms with Crippen LogP contribution in [0.25, 0.3) is 0 Å². The average Bonchev–Trinajstić information content (AvgIpc) is 2.51. The van der Waals surface area contributed by atoms with Gasteiger partial charge < -0.3 is 9.80 Å². The van der Waals surface area contributed by atoms with Crippen molar-refractivity contribution in [3.63, 3.8) is 0 Å². The van der Waals surface area contributed by atoms with Gasteiger partial charge >= 0.3 is 0 Å². The van der Waals surface area contributed by atoms with Crippen LogP contribution in [0.1, 0.15) is 26.5 Å². The Balaban J connectivity index is 0.00000264. The molecule has 0 fully saturated rings. The van der Waals surface area contributed by atoms with E-state index in [9.17, 15) is 0 Å². The first kappa shape index (κ1) is 20.8. The fourth-order valence-corrected chi connectivity index (χ4v) is 2.89. The van der Waals surface area contributed by atoms with Crippen molar-refractivity contribution >= 4 is 33.4 Å². The first-order chi connectivity index (χ1) is 10.6. The molecule has 2 rings (SSSR count). The van der Waals surface area contributed by atoms with Crippen molar-refractivity contribution in [3.05, 3.63) is 40.5 Å². The van der Waals surface area contributed by atoms with Gasteiger partial charge in [0, 0.05) is 72.7 Å². The van der Waals surface area contributed by atoms with Crippen LogP contribution in [-0.2, 0) is 0 Å². The van der Waals surface area contributed by atoms with Crippen LogP contribution in [0.4, 0.5) is 17.5 Å². The van der Waals surface area contributed by atoms with Crippen molar-refractivity contribution in [2.24, 2.45) is 0 Å². The Labute approximate surface area is 180 Å². The first-order valence-electron chi connectivity index (χ1n) is 7.64. The van der Waals surface area contributed by atoms with Gasteiger partial charge in [0.25, 0.3) is 0 Å². The summed E-state index contributed by atoms with van der Waals surface area (Å²) in [7, 11) is 0. The van der Waals surface area contributed by atoms with Crippen molar-refractivity contribution in [1.29, 1.82) is 0 Å². The molecule has 1 radical (unpaired) electrons. The van der Waals surface area contributed by atoms with Crippen LogP contribution in [0.5, 0.6) is 0 Å². The van der Waals surface area contributed by atoms with E-state index in [1.807, 2.05) is 31.2 Å². The molecule has 0 saturated heterocycles. The molecule has 2 aromatic rings. The molecule has 1 aromatic heterocycles. The summed E-state index contributed by atoms with van der Waals surface area (Å²) in [5, 5.41) is 0. The number of halogens is 1. The number of aromatic nitrogens is 2. The molecule has 0 N–H and O–H groups in total. The van der Waals surface area contributed by atoms with E-state index in [2.05, 4.69) is 57.6 Å². The summed E-state index contributed by atoms with van der Waals surface area (Å²) in [6.45, 7) is 11.1. The van der Waals surface area contributed by atoms with Gasteiger partial charge in [0.2, 0.25) is 5.95 Å². The number of aryl methyl sites for hydroxylation is 1. The van der Waals surface area contributed by atoms with E-state index in [-0.39, 0.29) is 41.3 Å². The Bertz CT molecular complexity index is 632. The summed E-state index contributed by atoms with van der Waals surface area (Å²) in [5.74, 6) is 1.71. The predicted molar refractivity (Wildman–Crippen MR) is 96.0 cm³/mol. The maximum atomic E-state index is 4.77. The van der Waals surface area contributed by atoms with Gasteiger partial charge in [0.15, 0.2) is 0 Å². The summed E-state index contributed by atoms with van der Waals surface area (Å²) < 4.78 is 0.992. The number of hydrogen-bond donors (Lipinski definition) is 0. The minimum atomic E-state index is 0. The molecule has 0 spiro atoms. The zero-order chi connectivity index (χ0) is 16.1. The van der Waals surface area contributed by atoms with E-state index in [0.29, 0.717) is 0 Å². The van der Waals surface area contributed by atoms with Gasteiger partial charge in [-0.15, -0.1) is 22.0 Å². The van der Waals surface area contributed by atoms with Crippen LogP contribution in [0.15, 0.2) is 28.7 Å². The fraction of sp³-hybridized carbons (Fsp3) is 0.412. The van der Waals surface area contributed by atoms with Crippen molar-refractivity contribution in [2.45, 2.75) is 27.7 Å². The number of anilines is 3. The Morgan fingerprint density at radius 2 is 1.83 bits per heavy atom. The molecule has 0 atom stereocenters. The molecule has 0 bridgehead atoms. The normalized spacial score (nSPS) is 10.1. The molecule has 4 nitrogen and oxygen atoms in total. The van der Waals surface area contributed by atoms with Gasteiger partial charge in [-0.25, -0.2) is 4.98 Å². The SMILES string of the molecule is CCN(CC)c1cc(C)nc(N(CC)c2cc[c-]cc2Br)n1.[Pr]. The third-order valence-electron chi connectivity index (χ3n) is 3.56. The maximum absolute atomic E-state index is 4.77.